The summed E-state index contributed by atoms with van der Waals surface area (Å²) >= 11 is 12.4. The second-order valence-electron chi connectivity index (χ2n) is 5.90. The van der Waals surface area contributed by atoms with Crippen molar-refractivity contribution in [2.24, 2.45) is 10.7 Å². The van der Waals surface area contributed by atoms with Crippen LogP contribution in [0.2, 0.25) is 10.0 Å². The molecule has 0 unspecified atom stereocenters. The molecule has 2 aromatic rings. The summed E-state index contributed by atoms with van der Waals surface area (Å²) in [5.41, 5.74) is 11.5. The van der Waals surface area contributed by atoms with Crippen molar-refractivity contribution in [2.45, 2.75) is 12.8 Å². The number of benzene rings is 2. The molecule has 0 spiro atoms. The van der Waals surface area contributed by atoms with E-state index in [1.807, 2.05) is 24.3 Å². The molecule has 1 heterocycles. The van der Waals surface area contributed by atoms with Crippen LogP contribution in [-0.4, -0.2) is 25.9 Å². The van der Waals surface area contributed by atoms with Gasteiger partial charge in [0, 0.05) is 22.3 Å². The number of rotatable bonds is 6. The van der Waals surface area contributed by atoms with Gasteiger partial charge < -0.3 is 10.5 Å². The molecule has 2 aromatic carbocycles. The van der Waals surface area contributed by atoms with Gasteiger partial charge in [-0.25, -0.2) is 0 Å². The van der Waals surface area contributed by atoms with Gasteiger partial charge in [-0.3, -0.25) is 4.99 Å². The molecule has 5 heteroatoms. The Hall–Kier alpha value is -1.81. The van der Waals surface area contributed by atoms with Crippen LogP contribution < -0.4 is 10.5 Å². The van der Waals surface area contributed by atoms with Gasteiger partial charge in [-0.1, -0.05) is 41.4 Å². The van der Waals surface area contributed by atoms with Gasteiger partial charge in [-0.2, -0.15) is 0 Å². The van der Waals surface area contributed by atoms with Crippen molar-refractivity contribution in [3.63, 3.8) is 0 Å². The van der Waals surface area contributed by atoms with Crippen LogP contribution in [0.1, 0.15) is 17.5 Å². The van der Waals surface area contributed by atoms with Crippen LogP contribution in [-0.2, 0) is 6.42 Å². The monoisotopic (exact) mass is 374 g/mol. The molecule has 3 nitrogen and oxygen atoms in total. The number of aryl methyl sites for hydroxylation is 1. The Morgan fingerprint density at radius 3 is 2.48 bits per heavy atom. The number of methoxy groups -OCH3 is 1. The van der Waals surface area contributed by atoms with E-state index in [0.29, 0.717) is 23.1 Å². The number of aliphatic imine (C=N–C) groups is 1. The van der Waals surface area contributed by atoms with Gasteiger partial charge in [-0.15, -0.1) is 0 Å². The highest BCUT2D eigenvalue weighted by molar-refractivity contribution is 6.36. The molecule has 25 heavy (non-hydrogen) atoms. The van der Waals surface area contributed by atoms with Crippen molar-refractivity contribution in [3.05, 3.63) is 69.2 Å². The Bertz CT molecular complexity index is 826. The summed E-state index contributed by atoms with van der Waals surface area (Å²) in [5.74, 6) is 0.865. The van der Waals surface area contributed by atoms with Crippen molar-refractivity contribution in [1.82, 2.24) is 0 Å². The second-order valence-corrected chi connectivity index (χ2v) is 6.74. The largest absolute Gasteiger partial charge is 0.497 e. The van der Waals surface area contributed by atoms with E-state index in [9.17, 15) is 0 Å². The molecule has 0 amide bonds. The summed E-state index contributed by atoms with van der Waals surface area (Å²) in [5, 5.41) is 1.27. The van der Waals surface area contributed by atoms with Gasteiger partial charge in [0.1, 0.15) is 5.75 Å². The minimum absolute atomic E-state index is 0.454. The maximum atomic E-state index is 6.36. The fraction of sp³-hybridized carbons (Fsp3) is 0.250. The van der Waals surface area contributed by atoms with Gasteiger partial charge in [0.05, 0.1) is 13.7 Å². The SMILES string of the molecule is COc1ccc(CCC2=NCC(c3ccc(Cl)cc3Cl)=C2CN)cc1. The second kappa shape index (κ2) is 8.05. The highest BCUT2D eigenvalue weighted by Crippen LogP contribution is 2.33. The van der Waals surface area contributed by atoms with Crippen molar-refractivity contribution < 1.29 is 4.74 Å². The minimum Gasteiger partial charge on any atom is -0.497 e. The van der Waals surface area contributed by atoms with Crippen molar-refractivity contribution in [3.8, 4) is 5.75 Å². The quantitative estimate of drug-likeness (QED) is 0.788. The number of nitrogens with two attached hydrogens (primary N) is 1. The predicted octanol–water partition coefficient (Wildman–Crippen LogP) is 4.80. The summed E-state index contributed by atoms with van der Waals surface area (Å²) in [4.78, 5) is 4.70. The third-order valence-corrected chi connectivity index (χ3v) is 4.96. The van der Waals surface area contributed by atoms with Crippen LogP contribution in [0.4, 0.5) is 0 Å². The molecule has 1 aliphatic rings. The first-order valence-corrected chi connectivity index (χ1v) is 8.92. The zero-order valence-corrected chi connectivity index (χ0v) is 15.6. The van der Waals surface area contributed by atoms with Crippen molar-refractivity contribution in [2.75, 3.05) is 20.2 Å². The fourth-order valence-electron chi connectivity index (χ4n) is 3.05. The zero-order valence-electron chi connectivity index (χ0n) is 14.1. The molecule has 0 bridgehead atoms. The lowest BCUT2D eigenvalue weighted by Gasteiger charge is -2.10. The molecular formula is C20H20Cl2N2O. The van der Waals surface area contributed by atoms with Crippen LogP contribution in [0.25, 0.3) is 5.57 Å². The molecule has 0 radical (unpaired) electrons. The highest BCUT2D eigenvalue weighted by Gasteiger charge is 2.21. The van der Waals surface area contributed by atoms with E-state index < -0.39 is 0 Å². The van der Waals surface area contributed by atoms with Gasteiger partial charge >= 0.3 is 0 Å². The molecule has 2 N–H and O–H groups in total. The highest BCUT2D eigenvalue weighted by atomic mass is 35.5. The molecule has 3 rings (SSSR count). The Kier molecular flexibility index (Phi) is 5.79. The third-order valence-electron chi connectivity index (χ3n) is 4.41. The van der Waals surface area contributed by atoms with Crippen LogP contribution in [0, 0.1) is 0 Å². The topological polar surface area (TPSA) is 47.6 Å². The summed E-state index contributed by atoms with van der Waals surface area (Å²) in [6.07, 6.45) is 1.77. The van der Waals surface area contributed by atoms with Crippen LogP contribution >= 0.6 is 23.2 Å². The first-order valence-electron chi connectivity index (χ1n) is 8.16. The molecule has 0 aromatic heterocycles. The van der Waals surface area contributed by atoms with Gasteiger partial charge in [0.2, 0.25) is 0 Å². The molecule has 1 aliphatic heterocycles. The number of ether oxygens (including phenoxy) is 1. The smallest absolute Gasteiger partial charge is 0.118 e. The van der Waals surface area contributed by atoms with E-state index in [1.165, 1.54) is 5.56 Å². The van der Waals surface area contributed by atoms with Crippen LogP contribution in [0.5, 0.6) is 5.75 Å². The average molecular weight is 375 g/mol. The van der Waals surface area contributed by atoms with Crippen LogP contribution in [0.3, 0.4) is 0 Å². The number of hydrogen-bond donors (Lipinski definition) is 1. The molecule has 0 saturated heterocycles. The minimum atomic E-state index is 0.454. The van der Waals surface area contributed by atoms with E-state index in [0.717, 1.165) is 41.0 Å². The summed E-state index contributed by atoms with van der Waals surface area (Å²) in [6.45, 7) is 1.07. The average Bonchev–Trinajstić information content (AvgIpc) is 3.03. The maximum absolute atomic E-state index is 6.36. The molecular weight excluding hydrogens is 355 g/mol. The van der Waals surface area contributed by atoms with Crippen molar-refractivity contribution >= 4 is 34.5 Å². The lowest BCUT2D eigenvalue weighted by Crippen LogP contribution is -2.13. The first-order chi connectivity index (χ1) is 12.1. The standard InChI is InChI=1S/C20H20Cl2N2O/c1-25-15-6-2-13(3-7-15)4-9-20-17(11-23)18(12-24-20)16-8-5-14(21)10-19(16)22/h2-3,5-8,10H,4,9,11-12,23H2,1H3. The van der Waals surface area contributed by atoms with Crippen molar-refractivity contribution in [1.29, 1.82) is 0 Å². The van der Waals surface area contributed by atoms with E-state index in [4.69, 9.17) is 38.7 Å². The molecule has 0 saturated carbocycles. The molecule has 130 valence electrons. The summed E-state index contributed by atoms with van der Waals surface area (Å²) in [6, 6.07) is 13.7. The molecule has 0 fully saturated rings. The van der Waals surface area contributed by atoms with E-state index in [1.54, 1.807) is 13.2 Å². The summed E-state index contributed by atoms with van der Waals surface area (Å²) < 4.78 is 5.19. The maximum Gasteiger partial charge on any atom is 0.118 e. The Morgan fingerprint density at radius 2 is 1.84 bits per heavy atom. The normalized spacial score (nSPS) is 14.0. The first kappa shape index (κ1) is 18.0. The van der Waals surface area contributed by atoms with Gasteiger partial charge in [-0.05, 0) is 59.4 Å². The Morgan fingerprint density at radius 1 is 1.08 bits per heavy atom. The number of nitrogens with zero attached hydrogens (tertiary/aromatic N) is 1. The van der Waals surface area contributed by atoms with E-state index >= 15 is 0 Å². The zero-order chi connectivity index (χ0) is 17.8. The molecule has 0 aliphatic carbocycles. The van der Waals surface area contributed by atoms with Gasteiger partial charge in [0.25, 0.3) is 0 Å². The number of hydrogen-bond acceptors (Lipinski definition) is 3. The molecule has 0 atom stereocenters. The Balaban J connectivity index is 1.77. The fourth-order valence-corrected chi connectivity index (χ4v) is 3.57. The predicted molar refractivity (Wildman–Crippen MR) is 106 cm³/mol. The third kappa shape index (κ3) is 4.06. The lowest BCUT2D eigenvalue weighted by molar-refractivity contribution is 0.414. The van der Waals surface area contributed by atoms with Gasteiger partial charge in [0.15, 0.2) is 0 Å². The number of halogens is 2. The van der Waals surface area contributed by atoms with E-state index in [2.05, 4.69) is 12.1 Å². The Labute approximate surface area is 158 Å². The van der Waals surface area contributed by atoms with Crippen LogP contribution in [0.15, 0.2) is 53.0 Å². The lowest BCUT2D eigenvalue weighted by atomic mass is 9.96. The summed E-state index contributed by atoms with van der Waals surface area (Å²) in [7, 11) is 1.67. The van der Waals surface area contributed by atoms with E-state index in [-0.39, 0.29) is 0 Å².